The van der Waals surface area contributed by atoms with Crippen molar-refractivity contribution in [3.05, 3.63) is 120 Å². The molecule has 54 heavy (non-hydrogen) atoms. The second kappa shape index (κ2) is 14.3. The minimum absolute atomic E-state index is 0.00724. The number of fused-ring (bicyclic) bond motifs is 2. The van der Waals surface area contributed by atoms with Crippen LogP contribution in [0.15, 0.2) is 117 Å². The summed E-state index contributed by atoms with van der Waals surface area (Å²) in [5.74, 6) is 0.352. The number of nitrogens with zero attached hydrogens (tertiary/aromatic N) is 6. The molecular weight excluding hydrogens is 737 g/mol. The minimum Gasteiger partial charge on any atom is -0.420 e. The van der Waals surface area contributed by atoms with Gasteiger partial charge in [0.2, 0.25) is 11.8 Å². The molecule has 0 saturated carbocycles. The second-order valence-corrected chi connectivity index (χ2v) is 16.2. The standard InChI is InChI=1S/C37H32N6O9S2/c1-23-29-21-38-31-19-27(53(3,45)46)15-17-33(31)49-37(50-35(29)42(40-23)25-11-7-5-8-12-25)51-36-30(24(2)41-43(36)26-13-9-6-10-14-26)22-39-32-20-28(54(4,47)48)16-18-34(32)52-44/h5-22,37,44H,1-4H3. The van der Waals surface area contributed by atoms with Crippen molar-refractivity contribution >= 4 is 43.5 Å². The Kier molecular flexibility index (Phi) is 9.53. The van der Waals surface area contributed by atoms with E-state index in [4.69, 9.17) is 24.4 Å². The Hall–Kier alpha value is -6.30. The van der Waals surface area contributed by atoms with Crippen LogP contribution in [0.2, 0.25) is 0 Å². The Bertz CT molecular complexity index is 2660. The van der Waals surface area contributed by atoms with Crippen LogP contribution in [0, 0.1) is 13.8 Å². The van der Waals surface area contributed by atoms with Crippen molar-refractivity contribution in [1.29, 1.82) is 0 Å². The number of rotatable bonds is 9. The number of aromatic nitrogens is 4. The van der Waals surface area contributed by atoms with Crippen molar-refractivity contribution in [2.24, 2.45) is 9.98 Å². The third-order valence-corrected chi connectivity index (χ3v) is 10.5. The lowest BCUT2D eigenvalue weighted by Gasteiger charge is -2.22. The Balaban J connectivity index is 1.40. The molecule has 15 nitrogen and oxygen atoms in total. The van der Waals surface area contributed by atoms with Crippen molar-refractivity contribution in [2.75, 3.05) is 12.5 Å². The van der Waals surface area contributed by atoms with Crippen LogP contribution < -0.4 is 19.1 Å². The Morgan fingerprint density at radius 3 is 2.04 bits per heavy atom. The summed E-state index contributed by atoms with van der Waals surface area (Å²) in [5.41, 5.74) is 3.26. The Labute approximate surface area is 310 Å². The van der Waals surface area contributed by atoms with Crippen LogP contribution in [0.4, 0.5) is 11.4 Å². The van der Waals surface area contributed by atoms with E-state index in [0.717, 1.165) is 12.5 Å². The van der Waals surface area contributed by atoms with Crippen molar-refractivity contribution in [2.45, 2.75) is 30.1 Å². The largest absolute Gasteiger partial charge is 0.420 e. The number of hydrogen-bond donors (Lipinski definition) is 1. The summed E-state index contributed by atoms with van der Waals surface area (Å²) < 4.78 is 72.2. The summed E-state index contributed by atoms with van der Waals surface area (Å²) in [6.07, 6.45) is 5.05. The van der Waals surface area contributed by atoms with Gasteiger partial charge in [0.25, 0.3) is 0 Å². The molecule has 1 unspecified atom stereocenters. The van der Waals surface area contributed by atoms with Crippen molar-refractivity contribution < 1.29 is 41.2 Å². The molecule has 276 valence electrons. The number of sulfone groups is 2. The van der Waals surface area contributed by atoms with E-state index in [9.17, 15) is 22.1 Å². The lowest BCUT2D eigenvalue weighted by Crippen LogP contribution is -2.32. The molecule has 1 N–H and O–H groups in total. The maximum absolute atomic E-state index is 12.5. The van der Waals surface area contributed by atoms with Gasteiger partial charge in [0.1, 0.15) is 11.4 Å². The summed E-state index contributed by atoms with van der Waals surface area (Å²) in [6.45, 7) is 1.92. The minimum atomic E-state index is -3.63. The molecule has 1 aliphatic rings. The van der Waals surface area contributed by atoms with Crippen LogP contribution in [0.25, 0.3) is 11.4 Å². The average Bonchev–Trinajstić information content (AvgIpc) is 3.65. The number of benzene rings is 4. The van der Waals surface area contributed by atoms with Gasteiger partial charge in [-0.25, -0.2) is 31.5 Å². The monoisotopic (exact) mass is 768 g/mol. The fourth-order valence-corrected chi connectivity index (χ4v) is 6.79. The molecule has 0 fully saturated rings. The first-order chi connectivity index (χ1) is 25.8. The van der Waals surface area contributed by atoms with E-state index in [1.165, 1.54) is 53.5 Å². The molecule has 2 aromatic heterocycles. The van der Waals surface area contributed by atoms with E-state index in [2.05, 4.69) is 14.9 Å². The highest BCUT2D eigenvalue weighted by molar-refractivity contribution is 7.91. The smallest absolute Gasteiger partial charge is 0.409 e. The van der Waals surface area contributed by atoms with Gasteiger partial charge >= 0.3 is 6.48 Å². The van der Waals surface area contributed by atoms with Crippen LogP contribution in [-0.4, -0.2) is 73.1 Å². The normalized spacial score (nSPS) is 14.3. The van der Waals surface area contributed by atoms with Gasteiger partial charge in [0, 0.05) is 24.9 Å². The van der Waals surface area contributed by atoms with E-state index in [-0.39, 0.29) is 44.4 Å². The van der Waals surface area contributed by atoms with Crippen LogP contribution in [0.3, 0.4) is 0 Å². The molecular formula is C37H32N6O9S2. The van der Waals surface area contributed by atoms with Gasteiger partial charge in [0.05, 0.1) is 43.7 Å². The highest BCUT2D eigenvalue weighted by Gasteiger charge is 2.29. The summed E-state index contributed by atoms with van der Waals surface area (Å²) in [4.78, 5) is 13.5. The topological polar surface area (TPSA) is 186 Å². The predicted octanol–water partition coefficient (Wildman–Crippen LogP) is 5.97. The SMILES string of the molecule is Cc1nn(-c2ccccc2)c(OC2Oc3ccc(S(C)(=O)=O)cc3N=Cc3c(C)nn(-c4ccccc4)c3O2)c1C=Nc1cc(S(C)(=O)=O)ccc1OO. The molecule has 0 saturated heterocycles. The van der Waals surface area contributed by atoms with Crippen LogP contribution in [0.1, 0.15) is 22.5 Å². The van der Waals surface area contributed by atoms with Crippen molar-refractivity contribution in [3.8, 4) is 34.6 Å². The number of aliphatic imine (C=N–C) groups is 2. The molecule has 3 heterocycles. The third kappa shape index (κ3) is 7.32. The number of ether oxygens (including phenoxy) is 3. The predicted molar refractivity (Wildman–Crippen MR) is 199 cm³/mol. The molecule has 7 rings (SSSR count). The maximum Gasteiger partial charge on any atom is 0.409 e. The quantitative estimate of drug-likeness (QED) is 0.104. The fourth-order valence-electron chi connectivity index (χ4n) is 5.51. The molecule has 1 aliphatic heterocycles. The molecule has 6 aromatic rings. The Morgan fingerprint density at radius 2 is 1.39 bits per heavy atom. The summed E-state index contributed by atoms with van der Waals surface area (Å²) in [7, 11) is -7.23. The zero-order valence-corrected chi connectivity index (χ0v) is 30.8. The first-order valence-corrected chi connectivity index (χ1v) is 20.0. The van der Waals surface area contributed by atoms with E-state index in [1.807, 2.05) is 48.5 Å². The second-order valence-electron chi connectivity index (χ2n) is 12.2. The highest BCUT2D eigenvalue weighted by Crippen LogP contribution is 2.37. The molecule has 0 radical (unpaired) electrons. The van der Waals surface area contributed by atoms with Gasteiger partial charge in [-0.2, -0.15) is 10.2 Å². The van der Waals surface area contributed by atoms with Crippen molar-refractivity contribution in [1.82, 2.24) is 19.6 Å². The van der Waals surface area contributed by atoms with E-state index >= 15 is 0 Å². The molecule has 0 amide bonds. The molecule has 0 aliphatic carbocycles. The number of para-hydroxylation sites is 2. The molecule has 0 spiro atoms. The lowest BCUT2D eigenvalue weighted by molar-refractivity contribution is -0.145. The summed E-state index contributed by atoms with van der Waals surface area (Å²) in [6, 6.07) is 26.4. The van der Waals surface area contributed by atoms with Gasteiger partial charge in [-0.05, 0) is 74.5 Å². The maximum atomic E-state index is 12.5. The van der Waals surface area contributed by atoms with Crippen molar-refractivity contribution in [3.63, 3.8) is 0 Å². The van der Waals surface area contributed by atoms with Crippen LogP contribution >= 0.6 is 0 Å². The molecule has 17 heteroatoms. The first-order valence-electron chi connectivity index (χ1n) is 16.2. The van der Waals surface area contributed by atoms with Gasteiger partial charge in [0.15, 0.2) is 31.2 Å². The van der Waals surface area contributed by atoms with E-state index in [0.29, 0.717) is 33.9 Å². The summed E-state index contributed by atoms with van der Waals surface area (Å²) in [5, 5.41) is 19.0. The van der Waals surface area contributed by atoms with Gasteiger partial charge in [-0.15, -0.1) is 0 Å². The molecule has 1 atom stereocenters. The average molecular weight is 769 g/mol. The fraction of sp³-hybridized carbons (Fsp3) is 0.135. The zero-order chi connectivity index (χ0) is 38.2. The highest BCUT2D eigenvalue weighted by atomic mass is 32.2. The molecule has 4 aromatic carbocycles. The van der Waals surface area contributed by atoms with Gasteiger partial charge in [-0.1, -0.05) is 36.4 Å². The van der Waals surface area contributed by atoms with Crippen LogP contribution in [0.5, 0.6) is 23.3 Å². The van der Waals surface area contributed by atoms with Crippen LogP contribution in [-0.2, 0) is 19.7 Å². The first kappa shape index (κ1) is 36.1. The van der Waals surface area contributed by atoms with Gasteiger partial charge in [-0.3, -0.25) is 9.98 Å². The number of aryl methyl sites for hydroxylation is 2. The zero-order valence-electron chi connectivity index (χ0n) is 29.2. The van der Waals surface area contributed by atoms with E-state index in [1.54, 1.807) is 30.7 Å². The van der Waals surface area contributed by atoms with E-state index < -0.39 is 26.2 Å². The number of hydrogen-bond acceptors (Lipinski definition) is 13. The summed E-state index contributed by atoms with van der Waals surface area (Å²) >= 11 is 0. The third-order valence-electron chi connectivity index (χ3n) is 8.25. The lowest BCUT2D eigenvalue weighted by atomic mass is 10.2. The van der Waals surface area contributed by atoms with Gasteiger partial charge < -0.3 is 19.1 Å². The molecule has 0 bridgehead atoms. The Morgan fingerprint density at radius 1 is 0.778 bits per heavy atom.